The Morgan fingerprint density at radius 1 is 1.00 bits per heavy atom. The standard InChI is InChI=1S/C21H23N7O4/c1-12-15(19(30)28(26(12)5)14-9-7-6-8-10-14)23-18(29)13(2)27-11-22-17-16(27)20(31)25(4)21(32)24(17)3/h6-11,13H,1-5H3,(H,23,29). The van der Waals surface area contributed by atoms with Gasteiger partial charge in [-0.15, -0.1) is 0 Å². The normalized spacial score (nSPS) is 12.3. The van der Waals surface area contributed by atoms with Gasteiger partial charge in [0.2, 0.25) is 5.91 Å². The van der Waals surface area contributed by atoms with Gasteiger partial charge in [0.25, 0.3) is 11.1 Å². The quantitative estimate of drug-likeness (QED) is 0.497. The first-order valence-corrected chi connectivity index (χ1v) is 9.92. The third-order valence-corrected chi connectivity index (χ3v) is 5.77. The average molecular weight is 437 g/mol. The number of rotatable bonds is 4. The Labute approximate surface area is 181 Å². The fraction of sp³-hybridized carbons (Fsp3) is 0.286. The molecule has 0 radical (unpaired) electrons. The number of para-hydroxylation sites is 1. The summed E-state index contributed by atoms with van der Waals surface area (Å²) in [6.45, 7) is 3.33. The summed E-state index contributed by atoms with van der Waals surface area (Å²) >= 11 is 0. The van der Waals surface area contributed by atoms with E-state index in [1.807, 2.05) is 18.2 Å². The molecule has 0 bridgehead atoms. The van der Waals surface area contributed by atoms with Gasteiger partial charge in [0, 0.05) is 21.1 Å². The molecule has 0 aliphatic carbocycles. The van der Waals surface area contributed by atoms with E-state index in [9.17, 15) is 19.2 Å². The third kappa shape index (κ3) is 3.01. The van der Waals surface area contributed by atoms with Crippen molar-refractivity contribution in [1.82, 2.24) is 28.0 Å². The maximum Gasteiger partial charge on any atom is 0.332 e. The Hall–Kier alpha value is -4.15. The van der Waals surface area contributed by atoms with Gasteiger partial charge in [-0.25, -0.2) is 14.5 Å². The zero-order valence-electron chi connectivity index (χ0n) is 18.4. The molecular formula is C21H23N7O4. The van der Waals surface area contributed by atoms with Gasteiger partial charge in [-0.3, -0.25) is 28.2 Å². The molecule has 1 unspecified atom stereocenters. The predicted molar refractivity (Wildman–Crippen MR) is 119 cm³/mol. The molecule has 0 aliphatic heterocycles. The summed E-state index contributed by atoms with van der Waals surface area (Å²) in [6, 6.07) is 8.23. The van der Waals surface area contributed by atoms with E-state index in [4.69, 9.17) is 0 Å². The fourth-order valence-electron chi connectivity index (χ4n) is 3.72. The summed E-state index contributed by atoms with van der Waals surface area (Å²) in [5.74, 6) is -0.494. The number of amides is 1. The lowest BCUT2D eigenvalue weighted by molar-refractivity contribution is -0.118. The molecule has 4 aromatic rings. The summed E-state index contributed by atoms with van der Waals surface area (Å²) in [4.78, 5) is 55.1. The minimum Gasteiger partial charge on any atom is -0.318 e. The number of hydrogen-bond donors (Lipinski definition) is 1. The summed E-state index contributed by atoms with van der Waals surface area (Å²) in [5, 5.41) is 2.70. The van der Waals surface area contributed by atoms with Crippen molar-refractivity contribution in [1.29, 1.82) is 0 Å². The largest absolute Gasteiger partial charge is 0.332 e. The molecule has 0 spiro atoms. The van der Waals surface area contributed by atoms with Crippen LogP contribution in [0.5, 0.6) is 0 Å². The number of nitrogens with zero attached hydrogens (tertiary/aromatic N) is 6. The van der Waals surface area contributed by atoms with Crippen molar-refractivity contribution in [2.75, 3.05) is 5.32 Å². The van der Waals surface area contributed by atoms with E-state index in [0.717, 1.165) is 4.57 Å². The Morgan fingerprint density at radius 3 is 2.31 bits per heavy atom. The van der Waals surface area contributed by atoms with Crippen LogP contribution in [0.15, 0.2) is 51.0 Å². The highest BCUT2D eigenvalue weighted by Gasteiger charge is 2.25. The molecule has 0 saturated carbocycles. The zero-order valence-corrected chi connectivity index (χ0v) is 18.4. The zero-order chi connectivity index (χ0) is 23.3. The topological polar surface area (TPSA) is 118 Å². The monoisotopic (exact) mass is 437 g/mol. The second-order valence-corrected chi connectivity index (χ2v) is 7.63. The number of carbonyl (C=O) groups is 1. The van der Waals surface area contributed by atoms with Gasteiger partial charge in [0.1, 0.15) is 11.7 Å². The van der Waals surface area contributed by atoms with Crippen molar-refractivity contribution >= 4 is 22.8 Å². The molecule has 1 atom stereocenters. The summed E-state index contributed by atoms with van der Waals surface area (Å²) < 4.78 is 6.74. The molecule has 11 heteroatoms. The molecule has 1 aromatic carbocycles. The molecule has 0 saturated heterocycles. The number of imidazole rings is 1. The number of aromatic nitrogens is 6. The lowest BCUT2D eigenvalue weighted by Gasteiger charge is -2.14. The molecule has 32 heavy (non-hydrogen) atoms. The van der Waals surface area contributed by atoms with Gasteiger partial charge in [-0.1, -0.05) is 18.2 Å². The molecular weight excluding hydrogens is 414 g/mol. The molecule has 1 N–H and O–H groups in total. The van der Waals surface area contributed by atoms with Crippen LogP contribution >= 0.6 is 0 Å². The second kappa shape index (κ2) is 7.52. The number of fused-ring (bicyclic) bond motifs is 1. The van der Waals surface area contributed by atoms with Crippen molar-refractivity contribution in [2.24, 2.45) is 21.1 Å². The van der Waals surface area contributed by atoms with Crippen molar-refractivity contribution in [3.05, 3.63) is 73.5 Å². The second-order valence-electron chi connectivity index (χ2n) is 7.63. The number of nitrogens with one attached hydrogen (secondary N) is 1. The van der Waals surface area contributed by atoms with E-state index in [0.29, 0.717) is 11.4 Å². The summed E-state index contributed by atoms with van der Waals surface area (Å²) in [5.41, 5.74) is 0.274. The first-order valence-electron chi connectivity index (χ1n) is 9.92. The maximum absolute atomic E-state index is 13.1. The Morgan fingerprint density at radius 2 is 1.66 bits per heavy atom. The lowest BCUT2D eigenvalue weighted by atomic mass is 10.2. The molecule has 4 rings (SSSR count). The molecule has 0 aliphatic rings. The van der Waals surface area contributed by atoms with Crippen molar-refractivity contribution in [3.63, 3.8) is 0 Å². The van der Waals surface area contributed by atoms with Gasteiger partial charge in [-0.05, 0) is 26.0 Å². The Kier molecular flexibility index (Phi) is 4.96. The molecule has 1 amide bonds. The number of aryl methyl sites for hydroxylation is 1. The van der Waals surface area contributed by atoms with E-state index < -0.39 is 23.2 Å². The molecule has 3 heterocycles. The highest BCUT2D eigenvalue weighted by molar-refractivity contribution is 5.94. The van der Waals surface area contributed by atoms with Gasteiger partial charge in [0.15, 0.2) is 11.2 Å². The van der Waals surface area contributed by atoms with Crippen molar-refractivity contribution in [2.45, 2.75) is 19.9 Å². The van der Waals surface area contributed by atoms with E-state index >= 15 is 0 Å². The first kappa shape index (κ1) is 21.1. The summed E-state index contributed by atoms with van der Waals surface area (Å²) in [6.07, 6.45) is 1.34. The fourth-order valence-corrected chi connectivity index (χ4v) is 3.72. The van der Waals surface area contributed by atoms with Crippen LogP contribution in [0.25, 0.3) is 16.9 Å². The molecule has 166 valence electrons. The maximum atomic E-state index is 13.1. The van der Waals surface area contributed by atoms with Crippen LogP contribution in [0.2, 0.25) is 0 Å². The minimum atomic E-state index is -0.866. The lowest BCUT2D eigenvalue weighted by Crippen LogP contribution is -2.38. The Balaban J connectivity index is 1.75. The van der Waals surface area contributed by atoms with E-state index in [1.54, 1.807) is 37.7 Å². The van der Waals surface area contributed by atoms with Crippen LogP contribution in [-0.4, -0.2) is 34.0 Å². The number of benzene rings is 1. The number of hydrogen-bond acceptors (Lipinski definition) is 5. The van der Waals surface area contributed by atoms with Gasteiger partial charge in [-0.2, -0.15) is 0 Å². The van der Waals surface area contributed by atoms with E-state index in [-0.39, 0.29) is 22.4 Å². The van der Waals surface area contributed by atoms with Crippen LogP contribution in [0.3, 0.4) is 0 Å². The smallest absolute Gasteiger partial charge is 0.318 e. The van der Waals surface area contributed by atoms with E-state index in [2.05, 4.69) is 10.3 Å². The molecule has 11 nitrogen and oxygen atoms in total. The highest BCUT2D eigenvalue weighted by atomic mass is 16.2. The summed E-state index contributed by atoms with van der Waals surface area (Å²) in [7, 11) is 4.60. The van der Waals surface area contributed by atoms with Crippen LogP contribution in [0, 0.1) is 6.92 Å². The highest BCUT2D eigenvalue weighted by Crippen LogP contribution is 2.18. The molecule has 0 fully saturated rings. The predicted octanol–water partition coefficient (Wildman–Crippen LogP) is 0.431. The molecule has 3 aromatic heterocycles. The average Bonchev–Trinajstić information content (AvgIpc) is 3.32. The van der Waals surface area contributed by atoms with Gasteiger partial charge < -0.3 is 9.88 Å². The minimum absolute atomic E-state index is 0.128. The van der Waals surface area contributed by atoms with Crippen LogP contribution in [0.4, 0.5) is 5.69 Å². The van der Waals surface area contributed by atoms with Crippen LogP contribution in [0.1, 0.15) is 18.7 Å². The first-order chi connectivity index (χ1) is 15.1. The van der Waals surface area contributed by atoms with Crippen molar-refractivity contribution in [3.8, 4) is 5.69 Å². The number of carbonyl (C=O) groups excluding carboxylic acids is 1. The van der Waals surface area contributed by atoms with E-state index in [1.165, 1.54) is 34.2 Å². The van der Waals surface area contributed by atoms with Crippen molar-refractivity contribution < 1.29 is 4.79 Å². The Bertz CT molecular complexity index is 1530. The third-order valence-electron chi connectivity index (χ3n) is 5.77. The number of anilines is 1. The van der Waals surface area contributed by atoms with Gasteiger partial charge >= 0.3 is 5.69 Å². The van der Waals surface area contributed by atoms with Gasteiger partial charge in [0.05, 0.1) is 17.7 Å². The van der Waals surface area contributed by atoms with Crippen LogP contribution in [-0.2, 0) is 25.9 Å². The van der Waals surface area contributed by atoms with Crippen LogP contribution < -0.4 is 22.1 Å². The SMILES string of the molecule is Cc1c(NC(=O)C(C)n2cnc3c2c(=O)n(C)c(=O)n3C)c(=O)n(-c2ccccc2)n1C.